The number of amides is 2. The van der Waals surface area contributed by atoms with Crippen LogP contribution in [0.4, 0.5) is 0 Å². The van der Waals surface area contributed by atoms with Gasteiger partial charge in [0.15, 0.2) is 0 Å². The molecular formula is C28H29N3O4. The van der Waals surface area contributed by atoms with Crippen LogP contribution in [0, 0.1) is 12.8 Å². The first kappa shape index (κ1) is 24.1. The Labute approximate surface area is 203 Å². The number of aromatic nitrogens is 2. The second-order valence-corrected chi connectivity index (χ2v) is 9.08. The van der Waals surface area contributed by atoms with Gasteiger partial charge in [0.1, 0.15) is 5.75 Å². The van der Waals surface area contributed by atoms with E-state index in [-0.39, 0.29) is 17.4 Å². The van der Waals surface area contributed by atoms with E-state index in [1.165, 1.54) is 0 Å². The molecule has 0 saturated carbocycles. The van der Waals surface area contributed by atoms with Gasteiger partial charge in [-0.05, 0) is 61.4 Å². The lowest BCUT2D eigenvalue weighted by molar-refractivity contribution is 0.0879. The Morgan fingerprint density at radius 3 is 2.31 bits per heavy atom. The number of hydrogen-bond donors (Lipinski definition) is 1. The molecule has 1 aliphatic rings. The molecule has 35 heavy (non-hydrogen) atoms. The fourth-order valence-corrected chi connectivity index (χ4v) is 4.24. The van der Waals surface area contributed by atoms with Crippen LogP contribution in [0.25, 0.3) is 21.7 Å². The Balaban J connectivity index is 0.000000218. The molecule has 0 fully saturated rings. The predicted molar refractivity (Wildman–Crippen MR) is 137 cm³/mol. The molecule has 0 bridgehead atoms. The van der Waals surface area contributed by atoms with E-state index in [4.69, 9.17) is 4.74 Å². The van der Waals surface area contributed by atoms with Crippen LogP contribution in [0.15, 0.2) is 59.5 Å². The van der Waals surface area contributed by atoms with E-state index >= 15 is 0 Å². The summed E-state index contributed by atoms with van der Waals surface area (Å²) in [5, 5.41) is 4.90. The van der Waals surface area contributed by atoms with E-state index in [2.05, 4.69) is 24.1 Å². The van der Waals surface area contributed by atoms with Gasteiger partial charge in [0.25, 0.3) is 17.4 Å². The fourth-order valence-electron chi connectivity index (χ4n) is 4.24. The lowest BCUT2D eigenvalue weighted by Crippen LogP contribution is -2.19. The maximum atomic E-state index is 12.7. The summed E-state index contributed by atoms with van der Waals surface area (Å²) in [5.74, 6) is 0.900. The van der Waals surface area contributed by atoms with Crippen molar-refractivity contribution in [3.05, 3.63) is 81.9 Å². The minimum absolute atomic E-state index is 0.0138. The number of nitrogens with one attached hydrogen (secondary N) is 1. The number of pyridine rings is 2. The zero-order valence-corrected chi connectivity index (χ0v) is 20.4. The van der Waals surface area contributed by atoms with E-state index < -0.39 is 0 Å². The Morgan fingerprint density at radius 1 is 0.971 bits per heavy atom. The lowest BCUT2D eigenvalue weighted by atomic mass is 10.1. The topological polar surface area (TPSA) is 90.3 Å². The lowest BCUT2D eigenvalue weighted by Gasteiger charge is -2.13. The zero-order chi connectivity index (χ0) is 25.1. The normalized spacial score (nSPS) is 12.5. The summed E-state index contributed by atoms with van der Waals surface area (Å²) < 4.78 is 7.56. The Morgan fingerprint density at radius 2 is 1.66 bits per heavy atom. The second kappa shape index (κ2) is 10.1. The number of carbonyl (C=O) groups excluding carboxylic acids is 2. The maximum Gasteiger partial charge on any atom is 0.260 e. The van der Waals surface area contributed by atoms with E-state index in [1.807, 2.05) is 31.2 Å². The molecule has 0 saturated heterocycles. The molecule has 0 unspecified atom stereocenters. The molecule has 2 aromatic carbocycles. The molecular weight excluding hydrogens is 442 g/mol. The smallest absolute Gasteiger partial charge is 0.260 e. The monoisotopic (exact) mass is 471 g/mol. The molecule has 3 heterocycles. The van der Waals surface area contributed by atoms with Gasteiger partial charge < -0.3 is 9.30 Å². The van der Waals surface area contributed by atoms with Crippen LogP contribution in [0.3, 0.4) is 0 Å². The third-order valence-electron chi connectivity index (χ3n) is 6.12. The maximum absolute atomic E-state index is 12.7. The minimum atomic E-state index is -0.300. The van der Waals surface area contributed by atoms with Crippen molar-refractivity contribution in [1.82, 2.24) is 14.9 Å². The summed E-state index contributed by atoms with van der Waals surface area (Å²) in [6.45, 7) is 7.01. The molecule has 0 atom stereocenters. The summed E-state index contributed by atoms with van der Waals surface area (Å²) in [6.07, 6.45) is 3.95. The van der Waals surface area contributed by atoms with Gasteiger partial charge in [-0.15, -0.1) is 0 Å². The van der Waals surface area contributed by atoms with E-state index in [0.29, 0.717) is 29.0 Å². The number of hydrogen-bond acceptors (Lipinski definition) is 5. The van der Waals surface area contributed by atoms with Crippen LogP contribution < -0.4 is 15.6 Å². The first-order valence-corrected chi connectivity index (χ1v) is 11.7. The molecule has 7 nitrogen and oxygen atoms in total. The molecule has 5 rings (SSSR count). The highest BCUT2D eigenvalue weighted by Crippen LogP contribution is 2.27. The molecule has 1 N–H and O–H groups in total. The van der Waals surface area contributed by atoms with Gasteiger partial charge in [-0.3, -0.25) is 24.7 Å². The number of fused-ring (bicyclic) bond motifs is 4. The first-order valence-electron chi connectivity index (χ1n) is 11.7. The highest BCUT2D eigenvalue weighted by molar-refractivity contribution is 6.21. The van der Waals surface area contributed by atoms with Gasteiger partial charge >= 0.3 is 0 Å². The number of ether oxygens (including phenoxy) is 1. The number of imide groups is 1. The Kier molecular flexibility index (Phi) is 6.96. The van der Waals surface area contributed by atoms with Crippen LogP contribution in [0.1, 0.15) is 53.1 Å². The van der Waals surface area contributed by atoms with Crippen molar-refractivity contribution in [3.63, 3.8) is 0 Å². The summed E-state index contributed by atoms with van der Waals surface area (Å²) in [4.78, 5) is 38.8. The molecule has 0 spiro atoms. The molecule has 1 aliphatic heterocycles. The van der Waals surface area contributed by atoms with Gasteiger partial charge in [0.2, 0.25) is 0 Å². The second-order valence-electron chi connectivity index (χ2n) is 9.08. The van der Waals surface area contributed by atoms with Crippen molar-refractivity contribution in [3.8, 4) is 5.75 Å². The van der Waals surface area contributed by atoms with Crippen molar-refractivity contribution in [1.29, 1.82) is 0 Å². The number of benzene rings is 2. The van der Waals surface area contributed by atoms with E-state index in [0.717, 1.165) is 40.6 Å². The highest BCUT2D eigenvalue weighted by Gasteiger charge is 2.25. The standard InChI is InChI=1S/C20H24N2O2.C8H5NO2/c1-13(2)6-5-11-24-15-7-8-16-17-9-10-21-14(3)19(17)20(23)22(4)18(16)12-15;10-7-5-3-1-2-4-6(5)8(11)9-7/h7-10,12-13H,5-6,11H2,1-4H3;1-4H,(H,9,10,11). The molecule has 4 aromatic rings. The quantitative estimate of drug-likeness (QED) is 0.257. The molecule has 2 aromatic heterocycles. The van der Waals surface area contributed by atoms with Crippen molar-refractivity contribution in [2.75, 3.05) is 6.61 Å². The van der Waals surface area contributed by atoms with Crippen LogP contribution in [-0.4, -0.2) is 28.0 Å². The average molecular weight is 472 g/mol. The van der Waals surface area contributed by atoms with Crippen LogP contribution in [-0.2, 0) is 7.05 Å². The van der Waals surface area contributed by atoms with Crippen molar-refractivity contribution in [2.45, 2.75) is 33.6 Å². The van der Waals surface area contributed by atoms with Crippen LogP contribution in [0.2, 0.25) is 0 Å². The Bertz CT molecular complexity index is 1450. The molecule has 2 amide bonds. The third kappa shape index (κ3) is 4.94. The number of rotatable bonds is 5. The van der Waals surface area contributed by atoms with Gasteiger partial charge in [-0.2, -0.15) is 0 Å². The number of nitrogens with zero attached hydrogens (tertiary/aromatic N) is 2. The van der Waals surface area contributed by atoms with Crippen molar-refractivity contribution in [2.24, 2.45) is 13.0 Å². The van der Waals surface area contributed by atoms with Gasteiger partial charge in [0.05, 0.1) is 34.3 Å². The fraction of sp³-hybridized carbons (Fsp3) is 0.286. The van der Waals surface area contributed by atoms with Crippen LogP contribution in [0.5, 0.6) is 5.75 Å². The van der Waals surface area contributed by atoms with E-state index in [1.54, 1.807) is 42.1 Å². The van der Waals surface area contributed by atoms with Gasteiger partial charge in [0, 0.05) is 24.7 Å². The summed E-state index contributed by atoms with van der Waals surface area (Å²) in [6, 6.07) is 14.6. The van der Waals surface area contributed by atoms with Gasteiger partial charge in [-0.1, -0.05) is 26.0 Å². The number of carbonyl (C=O) groups is 2. The van der Waals surface area contributed by atoms with Crippen molar-refractivity contribution >= 4 is 33.5 Å². The molecule has 0 aliphatic carbocycles. The predicted octanol–water partition coefficient (Wildman–Crippen LogP) is 4.78. The Hall–Kier alpha value is -4.00. The first-order chi connectivity index (χ1) is 16.8. The van der Waals surface area contributed by atoms with Gasteiger partial charge in [-0.25, -0.2) is 0 Å². The SMILES string of the molecule is Cc1nccc2c1c(=O)n(C)c1cc(OCCCC(C)C)ccc21.O=C1NC(=O)c2ccccc21. The molecule has 7 heteroatoms. The largest absolute Gasteiger partial charge is 0.494 e. The minimum Gasteiger partial charge on any atom is -0.494 e. The highest BCUT2D eigenvalue weighted by atomic mass is 16.5. The van der Waals surface area contributed by atoms with Crippen molar-refractivity contribution < 1.29 is 14.3 Å². The summed E-state index contributed by atoms with van der Waals surface area (Å²) in [5.41, 5.74) is 2.58. The molecule has 180 valence electrons. The third-order valence-corrected chi connectivity index (χ3v) is 6.12. The summed E-state index contributed by atoms with van der Waals surface area (Å²) >= 11 is 0. The molecule has 0 radical (unpaired) electrons. The van der Waals surface area contributed by atoms with Crippen LogP contribution >= 0.6 is 0 Å². The number of aryl methyl sites for hydroxylation is 2. The van der Waals surface area contributed by atoms with E-state index in [9.17, 15) is 14.4 Å². The summed E-state index contributed by atoms with van der Waals surface area (Å²) in [7, 11) is 1.80. The zero-order valence-electron chi connectivity index (χ0n) is 20.4. The average Bonchev–Trinajstić information content (AvgIpc) is 3.14.